The first kappa shape index (κ1) is 17.1. The van der Waals surface area contributed by atoms with Gasteiger partial charge in [0.2, 0.25) is 10.0 Å². The van der Waals surface area contributed by atoms with Gasteiger partial charge in [0.25, 0.3) is 0 Å². The van der Waals surface area contributed by atoms with Gasteiger partial charge in [-0.05, 0) is 42.8 Å². The van der Waals surface area contributed by atoms with Gasteiger partial charge in [-0.2, -0.15) is 0 Å². The molecule has 0 aliphatic rings. The molecule has 118 valence electrons. The van der Waals surface area contributed by atoms with Gasteiger partial charge in [-0.15, -0.1) is 0 Å². The summed E-state index contributed by atoms with van der Waals surface area (Å²) in [7, 11) is -2.23. The number of sulfonamides is 1. The number of methoxy groups -OCH3 is 1. The van der Waals surface area contributed by atoms with Gasteiger partial charge in [-0.3, -0.25) is 0 Å². The van der Waals surface area contributed by atoms with Crippen LogP contribution in [0.25, 0.3) is 0 Å². The van der Waals surface area contributed by atoms with Gasteiger partial charge in [0.05, 0.1) is 12.1 Å². The Morgan fingerprint density at radius 2 is 1.86 bits per heavy atom. The Kier molecular flexibility index (Phi) is 5.34. The van der Waals surface area contributed by atoms with Gasteiger partial charge in [0.15, 0.2) is 0 Å². The summed E-state index contributed by atoms with van der Waals surface area (Å²) in [6.45, 7) is 1.74. The van der Waals surface area contributed by atoms with E-state index in [4.69, 9.17) is 27.9 Å². The average molecular weight is 360 g/mol. The predicted octanol–water partition coefficient (Wildman–Crippen LogP) is 4.04. The minimum atomic E-state index is -3.79. The Hall–Kier alpha value is -1.27. The van der Waals surface area contributed by atoms with Crippen molar-refractivity contribution < 1.29 is 13.2 Å². The molecule has 0 amide bonds. The van der Waals surface area contributed by atoms with E-state index in [1.54, 1.807) is 32.2 Å². The van der Waals surface area contributed by atoms with E-state index < -0.39 is 16.1 Å². The molecule has 4 nitrogen and oxygen atoms in total. The fourth-order valence-corrected chi connectivity index (χ4v) is 3.95. The molecule has 0 heterocycles. The van der Waals surface area contributed by atoms with Crippen LogP contribution in [-0.4, -0.2) is 15.5 Å². The Morgan fingerprint density at radius 3 is 2.55 bits per heavy atom. The van der Waals surface area contributed by atoms with E-state index in [1.807, 2.05) is 6.07 Å². The van der Waals surface area contributed by atoms with Gasteiger partial charge in [0.1, 0.15) is 10.6 Å². The van der Waals surface area contributed by atoms with Gasteiger partial charge in [-0.1, -0.05) is 35.3 Å². The van der Waals surface area contributed by atoms with Gasteiger partial charge < -0.3 is 4.74 Å². The van der Waals surface area contributed by atoms with E-state index >= 15 is 0 Å². The van der Waals surface area contributed by atoms with Crippen LogP contribution in [0.2, 0.25) is 10.0 Å². The van der Waals surface area contributed by atoms with Crippen LogP contribution < -0.4 is 9.46 Å². The lowest BCUT2D eigenvalue weighted by Gasteiger charge is -2.16. The van der Waals surface area contributed by atoms with Crippen molar-refractivity contribution in [1.82, 2.24) is 4.72 Å². The third kappa shape index (κ3) is 3.93. The topological polar surface area (TPSA) is 55.4 Å². The highest BCUT2D eigenvalue weighted by molar-refractivity contribution is 7.89. The summed E-state index contributed by atoms with van der Waals surface area (Å²) in [4.78, 5) is -0.0450. The lowest BCUT2D eigenvalue weighted by molar-refractivity contribution is 0.413. The van der Waals surface area contributed by atoms with Crippen LogP contribution in [0.1, 0.15) is 18.5 Å². The van der Waals surface area contributed by atoms with E-state index in [2.05, 4.69) is 4.72 Å². The Bertz CT molecular complexity index is 778. The van der Waals surface area contributed by atoms with Gasteiger partial charge in [0, 0.05) is 11.1 Å². The van der Waals surface area contributed by atoms with Crippen LogP contribution in [0.15, 0.2) is 47.4 Å². The summed E-state index contributed by atoms with van der Waals surface area (Å²) in [5, 5.41) is 0.425. The number of benzene rings is 2. The number of hydrogen-bond donors (Lipinski definition) is 1. The molecule has 7 heteroatoms. The van der Waals surface area contributed by atoms with Crippen LogP contribution in [0, 0.1) is 0 Å². The monoisotopic (exact) mass is 359 g/mol. The number of halogens is 2. The first-order chi connectivity index (χ1) is 10.3. The lowest BCUT2D eigenvalue weighted by atomic mass is 10.1. The van der Waals surface area contributed by atoms with Crippen molar-refractivity contribution in [3.05, 3.63) is 58.1 Å². The van der Waals surface area contributed by atoms with Crippen LogP contribution >= 0.6 is 23.2 Å². The van der Waals surface area contributed by atoms with Crippen molar-refractivity contribution >= 4 is 33.2 Å². The highest BCUT2D eigenvalue weighted by Crippen LogP contribution is 2.27. The third-order valence-electron chi connectivity index (χ3n) is 3.11. The smallest absolute Gasteiger partial charge is 0.242 e. The molecule has 22 heavy (non-hydrogen) atoms. The molecule has 0 bridgehead atoms. The third-order valence-corrected chi connectivity index (χ3v) is 5.37. The van der Waals surface area contributed by atoms with E-state index in [9.17, 15) is 8.42 Å². The van der Waals surface area contributed by atoms with Crippen molar-refractivity contribution in [1.29, 1.82) is 0 Å². The molecular formula is C15H15Cl2NO3S. The predicted molar refractivity (Wildman–Crippen MR) is 88.2 cm³/mol. The fraction of sp³-hybridized carbons (Fsp3) is 0.200. The normalized spacial score (nSPS) is 12.9. The number of rotatable bonds is 5. The molecule has 0 aliphatic carbocycles. The van der Waals surface area contributed by atoms with E-state index in [-0.39, 0.29) is 9.92 Å². The standard InChI is InChI=1S/C15H15Cl2NO3S/c1-10(11-4-3-5-13(8-11)21-2)18-22(19,20)15-9-12(16)6-7-14(15)17/h3-10,18H,1-2H3/t10-/m1/s1. The maximum Gasteiger partial charge on any atom is 0.242 e. The van der Waals surface area contributed by atoms with Gasteiger partial charge in [-0.25, -0.2) is 13.1 Å². The molecular weight excluding hydrogens is 345 g/mol. The molecule has 1 N–H and O–H groups in total. The SMILES string of the molecule is COc1cccc([C@@H](C)NS(=O)(=O)c2cc(Cl)ccc2Cl)c1. The molecule has 0 saturated heterocycles. The molecule has 0 aliphatic heterocycles. The minimum Gasteiger partial charge on any atom is -0.497 e. The summed E-state index contributed by atoms with van der Waals surface area (Å²) in [5.41, 5.74) is 0.779. The zero-order valence-electron chi connectivity index (χ0n) is 12.0. The summed E-state index contributed by atoms with van der Waals surface area (Å²) < 4.78 is 32.6. The van der Waals surface area contributed by atoms with E-state index in [1.165, 1.54) is 18.2 Å². The Morgan fingerprint density at radius 1 is 1.14 bits per heavy atom. The fourth-order valence-electron chi connectivity index (χ4n) is 1.96. The summed E-state index contributed by atoms with van der Waals surface area (Å²) >= 11 is 11.8. The molecule has 0 aromatic heterocycles. The minimum absolute atomic E-state index is 0.0450. The molecule has 2 aromatic rings. The number of ether oxygens (including phenoxy) is 1. The lowest BCUT2D eigenvalue weighted by Crippen LogP contribution is -2.27. The maximum atomic E-state index is 12.5. The summed E-state index contributed by atoms with van der Waals surface area (Å²) in [6, 6.07) is 11.0. The molecule has 0 radical (unpaired) electrons. The quantitative estimate of drug-likeness (QED) is 0.876. The molecule has 0 fully saturated rings. The number of nitrogens with one attached hydrogen (secondary N) is 1. The zero-order valence-corrected chi connectivity index (χ0v) is 14.3. The second-order valence-corrected chi connectivity index (χ2v) is 7.22. The van der Waals surface area contributed by atoms with Crippen LogP contribution in [0.4, 0.5) is 0 Å². The number of hydrogen-bond acceptors (Lipinski definition) is 3. The Balaban J connectivity index is 2.29. The van der Waals surface area contributed by atoms with Crippen molar-refractivity contribution in [3.8, 4) is 5.75 Å². The second-order valence-electron chi connectivity index (χ2n) is 4.69. The van der Waals surface area contributed by atoms with E-state index in [0.717, 1.165) is 5.56 Å². The Labute approximate surface area is 140 Å². The highest BCUT2D eigenvalue weighted by atomic mass is 35.5. The highest BCUT2D eigenvalue weighted by Gasteiger charge is 2.21. The first-order valence-electron chi connectivity index (χ1n) is 6.45. The molecule has 0 spiro atoms. The van der Waals surface area contributed by atoms with Crippen molar-refractivity contribution in [2.24, 2.45) is 0 Å². The van der Waals surface area contributed by atoms with E-state index in [0.29, 0.717) is 10.8 Å². The van der Waals surface area contributed by atoms with Crippen molar-refractivity contribution in [2.45, 2.75) is 17.9 Å². The maximum absolute atomic E-state index is 12.5. The molecule has 2 aromatic carbocycles. The second kappa shape index (κ2) is 6.87. The molecule has 0 saturated carbocycles. The van der Waals surface area contributed by atoms with Gasteiger partial charge >= 0.3 is 0 Å². The summed E-state index contributed by atoms with van der Waals surface area (Å²) in [5.74, 6) is 0.657. The summed E-state index contributed by atoms with van der Waals surface area (Å²) in [6.07, 6.45) is 0. The zero-order chi connectivity index (χ0) is 16.3. The largest absolute Gasteiger partial charge is 0.497 e. The first-order valence-corrected chi connectivity index (χ1v) is 8.69. The van der Waals surface area contributed by atoms with Crippen molar-refractivity contribution in [3.63, 3.8) is 0 Å². The average Bonchev–Trinajstić information content (AvgIpc) is 2.49. The molecule has 0 unspecified atom stereocenters. The van der Waals surface area contributed by atoms with Crippen LogP contribution in [-0.2, 0) is 10.0 Å². The van der Waals surface area contributed by atoms with Crippen LogP contribution in [0.3, 0.4) is 0 Å². The van der Waals surface area contributed by atoms with Crippen LogP contribution in [0.5, 0.6) is 5.75 Å². The molecule has 2 rings (SSSR count). The molecule has 1 atom stereocenters. The van der Waals surface area contributed by atoms with Crippen molar-refractivity contribution in [2.75, 3.05) is 7.11 Å².